The number of H-pyrrole nitrogens is 1. The highest BCUT2D eigenvalue weighted by Crippen LogP contribution is 2.27. The zero-order valence-corrected chi connectivity index (χ0v) is 14.0. The summed E-state index contributed by atoms with van der Waals surface area (Å²) in [7, 11) is 0. The summed E-state index contributed by atoms with van der Waals surface area (Å²) in [5.74, 6) is 1.62. The van der Waals surface area contributed by atoms with Crippen molar-refractivity contribution >= 4 is 12.2 Å². The van der Waals surface area contributed by atoms with Gasteiger partial charge in [-0.3, -0.25) is 4.98 Å². The number of rotatable bonds is 3. The Hall–Kier alpha value is -1.75. The Labute approximate surface area is 130 Å². The van der Waals surface area contributed by atoms with Crippen molar-refractivity contribution in [1.29, 1.82) is 0 Å². The van der Waals surface area contributed by atoms with Crippen molar-refractivity contribution in [2.45, 2.75) is 40.0 Å². The van der Waals surface area contributed by atoms with Gasteiger partial charge in [-0.05, 0) is 19.9 Å². The van der Waals surface area contributed by atoms with Crippen molar-refractivity contribution in [3.8, 4) is 17.0 Å². The van der Waals surface area contributed by atoms with Gasteiger partial charge in [-0.15, -0.1) is 0 Å². The molecule has 0 atom stereocenters. The molecule has 4 nitrogen and oxygen atoms in total. The molecule has 112 valence electrons. The van der Waals surface area contributed by atoms with Crippen molar-refractivity contribution in [3.63, 3.8) is 0 Å². The molecule has 0 amide bonds. The Morgan fingerprint density at radius 1 is 1.29 bits per heavy atom. The molecule has 0 saturated carbocycles. The molecule has 0 aliphatic rings. The zero-order chi connectivity index (χ0) is 15.6. The largest absolute Gasteiger partial charge is 0.492 e. The molecule has 0 unspecified atom stereocenters. The van der Waals surface area contributed by atoms with Gasteiger partial charge in [0.05, 0.1) is 18.5 Å². The second kappa shape index (κ2) is 5.93. The van der Waals surface area contributed by atoms with Crippen molar-refractivity contribution in [3.05, 3.63) is 34.5 Å². The third-order valence-electron chi connectivity index (χ3n) is 3.18. The van der Waals surface area contributed by atoms with Crippen LogP contribution in [0.15, 0.2) is 18.5 Å². The number of aromatic amines is 1. The molecule has 0 saturated heterocycles. The molecule has 0 aromatic carbocycles. The Balaban J connectivity index is 2.60. The van der Waals surface area contributed by atoms with Crippen LogP contribution in [0.3, 0.4) is 0 Å². The summed E-state index contributed by atoms with van der Waals surface area (Å²) in [5, 5.41) is 0. The maximum atomic E-state index is 5.52. The minimum atomic E-state index is -0.0963. The first kappa shape index (κ1) is 15.6. The molecule has 2 heterocycles. The quantitative estimate of drug-likeness (QED) is 0.863. The Bertz CT molecular complexity index is 701. The normalized spacial score (nSPS) is 11.5. The van der Waals surface area contributed by atoms with E-state index >= 15 is 0 Å². The molecular weight excluding hydrogens is 282 g/mol. The Morgan fingerprint density at radius 3 is 2.62 bits per heavy atom. The van der Waals surface area contributed by atoms with E-state index in [1.807, 2.05) is 26.1 Å². The van der Waals surface area contributed by atoms with Crippen molar-refractivity contribution < 1.29 is 4.74 Å². The fraction of sp³-hybridized carbons (Fsp3) is 0.438. The van der Waals surface area contributed by atoms with E-state index in [2.05, 4.69) is 35.7 Å². The number of pyridine rings is 1. The van der Waals surface area contributed by atoms with Gasteiger partial charge in [-0.25, -0.2) is 4.98 Å². The van der Waals surface area contributed by atoms with Gasteiger partial charge in [0.25, 0.3) is 0 Å². The minimum Gasteiger partial charge on any atom is -0.492 e. The smallest absolute Gasteiger partial charge is 0.138 e. The number of aromatic nitrogens is 3. The van der Waals surface area contributed by atoms with Gasteiger partial charge in [0.1, 0.15) is 16.2 Å². The van der Waals surface area contributed by atoms with Crippen LogP contribution in [-0.2, 0) is 5.41 Å². The van der Waals surface area contributed by atoms with E-state index in [0.717, 1.165) is 28.4 Å². The third-order valence-corrected chi connectivity index (χ3v) is 3.57. The first-order valence-electron chi connectivity index (χ1n) is 7.02. The lowest BCUT2D eigenvalue weighted by Crippen LogP contribution is -2.17. The van der Waals surface area contributed by atoms with E-state index in [1.54, 1.807) is 6.20 Å². The minimum absolute atomic E-state index is 0.0963. The third kappa shape index (κ3) is 3.47. The van der Waals surface area contributed by atoms with Gasteiger partial charge in [0.2, 0.25) is 0 Å². The van der Waals surface area contributed by atoms with E-state index in [-0.39, 0.29) is 5.41 Å². The molecule has 2 aromatic heterocycles. The second-order valence-corrected chi connectivity index (χ2v) is 6.37. The zero-order valence-electron chi connectivity index (χ0n) is 13.2. The molecule has 0 fully saturated rings. The van der Waals surface area contributed by atoms with Gasteiger partial charge in [0, 0.05) is 22.7 Å². The van der Waals surface area contributed by atoms with Crippen LogP contribution in [0.5, 0.6) is 5.75 Å². The molecule has 0 bridgehead atoms. The average molecular weight is 303 g/mol. The molecule has 2 aromatic rings. The molecule has 21 heavy (non-hydrogen) atoms. The summed E-state index contributed by atoms with van der Waals surface area (Å²) in [4.78, 5) is 12.1. The van der Waals surface area contributed by atoms with E-state index in [9.17, 15) is 0 Å². The van der Waals surface area contributed by atoms with Crippen LogP contribution in [0.4, 0.5) is 0 Å². The van der Waals surface area contributed by atoms with Crippen LogP contribution in [0.25, 0.3) is 11.3 Å². The predicted octanol–water partition coefficient (Wildman–Crippen LogP) is 4.21. The first-order chi connectivity index (χ1) is 9.82. The lowest BCUT2D eigenvalue weighted by molar-refractivity contribution is 0.339. The maximum Gasteiger partial charge on any atom is 0.138 e. The number of hydrogen-bond donors (Lipinski definition) is 1. The van der Waals surface area contributed by atoms with Gasteiger partial charge in [0.15, 0.2) is 0 Å². The molecule has 0 aliphatic heterocycles. The summed E-state index contributed by atoms with van der Waals surface area (Å²) >= 11 is 5.40. The second-order valence-electron chi connectivity index (χ2n) is 5.98. The van der Waals surface area contributed by atoms with Crippen molar-refractivity contribution in [2.75, 3.05) is 6.61 Å². The van der Waals surface area contributed by atoms with E-state index in [1.165, 1.54) is 0 Å². The highest BCUT2D eigenvalue weighted by Gasteiger charge is 2.19. The fourth-order valence-corrected chi connectivity index (χ4v) is 2.17. The standard InChI is InChI=1S/C16H21N3OS/c1-6-20-12-7-11(8-17-9-12)13-10(2)14(21)19-15(18-13)16(3,4)5/h7-9H,6H2,1-5H3,(H,18,19,21). The highest BCUT2D eigenvalue weighted by atomic mass is 32.1. The molecule has 5 heteroatoms. The van der Waals surface area contributed by atoms with Gasteiger partial charge in [-0.1, -0.05) is 33.0 Å². The van der Waals surface area contributed by atoms with Crippen LogP contribution in [0.1, 0.15) is 39.1 Å². The highest BCUT2D eigenvalue weighted by molar-refractivity contribution is 7.71. The molecule has 0 spiro atoms. The van der Waals surface area contributed by atoms with E-state index in [0.29, 0.717) is 11.2 Å². The molecule has 2 rings (SSSR count). The number of ether oxygens (including phenoxy) is 1. The van der Waals surface area contributed by atoms with Gasteiger partial charge in [-0.2, -0.15) is 0 Å². The Morgan fingerprint density at radius 2 is 2.00 bits per heavy atom. The summed E-state index contributed by atoms with van der Waals surface area (Å²) in [6, 6.07) is 1.97. The van der Waals surface area contributed by atoms with Crippen molar-refractivity contribution in [2.24, 2.45) is 0 Å². The summed E-state index contributed by atoms with van der Waals surface area (Å²) < 4.78 is 6.14. The van der Waals surface area contributed by atoms with Crippen LogP contribution >= 0.6 is 12.2 Å². The predicted molar refractivity (Wildman–Crippen MR) is 87.3 cm³/mol. The first-order valence-corrected chi connectivity index (χ1v) is 7.43. The molecule has 0 radical (unpaired) electrons. The average Bonchev–Trinajstić information content (AvgIpc) is 2.41. The van der Waals surface area contributed by atoms with Crippen LogP contribution in [0, 0.1) is 11.6 Å². The lowest BCUT2D eigenvalue weighted by atomic mass is 9.95. The molecular formula is C16H21N3OS. The fourth-order valence-electron chi connectivity index (χ4n) is 1.98. The monoisotopic (exact) mass is 303 g/mol. The molecule has 1 N–H and O–H groups in total. The van der Waals surface area contributed by atoms with Crippen LogP contribution < -0.4 is 4.74 Å². The SMILES string of the molecule is CCOc1cncc(-c2[nH]c(C(C)(C)C)nc(=S)c2C)c1. The Kier molecular flexibility index (Phi) is 4.42. The maximum absolute atomic E-state index is 5.52. The van der Waals surface area contributed by atoms with Crippen LogP contribution in [-0.4, -0.2) is 21.6 Å². The van der Waals surface area contributed by atoms with Gasteiger partial charge < -0.3 is 9.72 Å². The number of hydrogen-bond acceptors (Lipinski definition) is 4. The van der Waals surface area contributed by atoms with E-state index < -0.39 is 0 Å². The summed E-state index contributed by atoms with van der Waals surface area (Å²) in [6.07, 6.45) is 3.52. The number of nitrogens with zero attached hydrogens (tertiary/aromatic N) is 2. The van der Waals surface area contributed by atoms with Crippen LogP contribution in [0.2, 0.25) is 0 Å². The van der Waals surface area contributed by atoms with Gasteiger partial charge >= 0.3 is 0 Å². The van der Waals surface area contributed by atoms with Crippen molar-refractivity contribution in [1.82, 2.24) is 15.0 Å². The summed E-state index contributed by atoms with van der Waals surface area (Å²) in [6.45, 7) is 10.9. The topological polar surface area (TPSA) is 50.8 Å². The van der Waals surface area contributed by atoms with E-state index in [4.69, 9.17) is 17.0 Å². The lowest BCUT2D eigenvalue weighted by Gasteiger charge is -2.19. The summed E-state index contributed by atoms with van der Waals surface area (Å²) in [5.41, 5.74) is 2.76. The molecule has 0 aliphatic carbocycles. The number of nitrogens with one attached hydrogen (secondary N) is 1.